The first-order valence-electron chi connectivity index (χ1n) is 3.02. The van der Waals surface area contributed by atoms with E-state index in [0.717, 1.165) is 13.1 Å². The minimum absolute atomic E-state index is 0. The summed E-state index contributed by atoms with van der Waals surface area (Å²) >= 11 is 0. The second-order valence-corrected chi connectivity index (χ2v) is 3.14. The van der Waals surface area contributed by atoms with Crippen LogP contribution < -0.4 is 5.32 Å². The van der Waals surface area contributed by atoms with Gasteiger partial charge in [0.25, 0.3) is 0 Å². The van der Waals surface area contributed by atoms with Crippen LogP contribution >= 0.6 is 12.4 Å². The summed E-state index contributed by atoms with van der Waals surface area (Å²) in [4.78, 5) is 0. The molecule has 0 aliphatic carbocycles. The van der Waals surface area contributed by atoms with Crippen LogP contribution in [0.25, 0.3) is 0 Å². The van der Waals surface area contributed by atoms with Crippen molar-refractivity contribution in [2.75, 3.05) is 13.1 Å². The number of halogens is 1. The number of aliphatic hydroxyl groups is 1. The van der Waals surface area contributed by atoms with Crippen LogP contribution in [0.5, 0.6) is 0 Å². The zero-order valence-corrected chi connectivity index (χ0v) is 6.66. The molecule has 1 fully saturated rings. The lowest BCUT2D eigenvalue weighted by molar-refractivity contribution is 0.0963. The van der Waals surface area contributed by atoms with Gasteiger partial charge in [0.05, 0.1) is 6.10 Å². The van der Waals surface area contributed by atoms with E-state index in [0.29, 0.717) is 0 Å². The number of β-amino-alcohol motifs (C(OH)–C–C–N with tert-alkyl or cyclic N) is 1. The van der Waals surface area contributed by atoms with E-state index < -0.39 is 0 Å². The van der Waals surface area contributed by atoms with Crippen molar-refractivity contribution >= 4 is 12.4 Å². The SMILES string of the molecule is CC1(C)CNC[C@@H]1O.Cl. The van der Waals surface area contributed by atoms with E-state index in [1.54, 1.807) is 0 Å². The van der Waals surface area contributed by atoms with Gasteiger partial charge in [0, 0.05) is 18.5 Å². The quantitative estimate of drug-likeness (QED) is 0.526. The van der Waals surface area contributed by atoms with Gasteiger partial charge in [0.15, 0.2) is 0 Å². The minimum atomic E-state index is -0.150. The molecular formula is C6H14ClNO. The fourth-order valence-corrected chi connectivity index (χ4v) is 0.925. The van der Waals surface area contributed by atoms with Crippen LogP contribution in [0, 0.1) is 5.41 Å². The van der Waals surface area contributed by atoms with E-state index in [9.17, 15) is 5.11 Å². The maximum absolute atomic E-state index is 9.19. The van der Waals surface area contributed by atoms with Crippen molar-refractivity contribution in [1.82, 2.24) is 5.32 Å². The molecule has 0 bridgehead atoms. The van der Waals surface area contributed by atoms with Crippen molar-refractivity contribution in [2.24, 2.45) is 5.41 Å². The number of hydrogen-bond acceptors (Lipinski definition) is 2. The third kappa shape index (κ3) is 1.81. The summed E-state index contributed by atoms with van der Waals surface area (Å²) in [7, 11) is 0. The van der Waals surface area contributed by atoms with E-state index in [2.05, 4.69) is 19.2 Å². The molecule has 1 aliphatic rings. The summed E-state index contributed by atoms with van der Waals surface area (Å²) < 4.78 is 0. The van der Waals surface area contributed by atoms with Crippen LogP contribution in [0.4, 0.5) is 0 Å². The highest BCUT2D eigenvalue weighted by molar-refractivity contribution is 5.85. The molecule has 9 heavy (non-hydrogen) atoms. The number of nitrogens with one attached hydrogen (secondary N) is 1. The van der Waals surface area contributed by atoms with Gasteiger partial charge in [-0.1, -0.05) is 13.8 Å². The molecule has 0 amide bonds. The largest absolute Gasteiger partial charge is 0.391 e. The number of aliphatic hydroxyl groups excluding tert-OH is 1. The third-order valence-electron chi connectivity index (χ3n) is 1.82. The first-order valence-corrected chi connectivity index (χ1v) is 3.02. The van der Waals surface area contributed by atoms with Gasteiger partial charge in [0.1, 0.15) is 0 Å². The zero-order valence-electron chi connectivity index (χ0n) is 5.85. The van der Waals surface area contributed by atoms with Gasteiger partial charge in [-0.15, -0.1) is 12.4 Å². The van der Waals surface area contributed by atoms with Crippen LogP contribution in [0.2, 0.25) is 0 Å². The molecule has 0 unspecified atom stereocenters. The van der Waals surface area contributed by atoms with E-state index >= 15 is 0 Å². The maximum atomic E-state index is 9.19. The predicted octanol–water partition coefficient (Wildman–Crippen LogP) is 0.398. The van der Waals surface area contributed by atoms with Gasteiger partial charge in [0.2, 0.25) is 0 Å². The molecule has 1 atom stereocenters. The van der Waals surface area contributed by atoms with E-state index in [1.165, 1.54) is 0 Å². The van der Waals surface area contributed by atoms with Gasteiger partial charge in [-0.05, 0) is 0 Å². The van der Waals surface area contributed by atoms with Crippen molar-refractivity contribution in [1.29, 1.82) is 0 Å². The van der Waals surface area contributed by atoms with E-state index in [-0.39, 0.29) is 23.9 Å². The maximum Gasteiger partial charge on any atom is 0.0727 e. The fraction of sp³-hybridized carbons (Fsp3) is 1.00. The van der Waals surface area contributed by atoms with Crippen molar-refractivity contribution < 1.29 is 5.11 Å². The van der Waals surface area contributed by atoms with Crippen LogP contribution in [0.15, 0.2) is 0 Å². The highest BCUT2D eigenvalue weighted by Gasteiger charge is 2.32. The number of hydrogen-bond donors (Lipinski definition) is 2. The Morgan fingerprint density at radius 2 is 2.11 bits per heavy atom. The van der Waals surface area contributed by atoms with Crippen LogP contribution in [-0.4, -0.2) is 24.3 Å². The molecule has 0 radical (unpaired) electrons. The predicted molar refractivity (Wildman–Crippen MR) is 39.9 cm³/mol. The van der Waals surface area contributed by atoms with Gasteiger partial charge in [-0.25, -0.2) is 0 Å². The van der Waals surface area contributed by atoms with E-state index in [4.69, 9.17) is 0 Å². The van der Waals surface area contributed by atoms with Crippen LogP contribution in [0.1, 0.15) is 13.8 Å². The zero-order chi connectivity index (χ0) is 6.20. The Hall–Kier alpha value is 0.210. The molecule has 1 rings (SSSR count). The highest BCUT2D eigenvalue weighted by atomic mass is 35.5. The molecule has 2 nitrogen and oxygen atoms in total. The lowest BCUT2D eigenvalue weighted by Crippen LogP contribution is -2.26. The smallest absolute Gasteiger partial charge is 0.0727 e. The first kappa shape index (κ1) is 9.21. The molecule has 2 N–H and O–H groups in total. The normalized spacial score (nSPS) is 31.7. The molecule has 0 saturated carbocycles. The topological polar surface area (TPSA) is 32.3 Å². The Balaban J connectivity index is 0.000000640. The second-order valence-electron chi connectivity index (χ2n) is 3.14. The minimum Gasteiger partial charge on any atom is -0.391 e. The highest BCUT2D eigenvalue weighted by Crippen LogP contribution is 2.22. The van der Waals surface area contributed by atoms with Crippen molar-refractivity contribution in [3.8, 4) is 0 Å². The summed E-state index contributed by atoms with van der Waals surface area (Å²) in [5.41, 5.74) is 0.0972. The van der Waals surface area contributed by atoms with Crippen LogP contribution in [0.3, 0.4) is 0 Å². The monoisotopic (exact) mass is 151 g/mol. The van der Waals surface area contributed by atoms with Gasteiger partial charge < -0.3 is 10.4 Å². The first-order chi connectivity index (χ1) is 3.63. The lowest BCUT2D eigenvalue weighted by atomic mass is 9.90. The number of rotatable bonds is 0. The molecule has 1 aliphatic heterocycles. The molecular weight excluding hydrogens is 138 g/mol. The van der Waals surface area contributed by atoms with Gasteiger partial charge in [-0.2, -0.15) is 0 Å². The fourth-order valence-electron chi connectivity index (χ4n) is 0.925. The second kappa shape index (κ2) is 2.86. The van der Waals surface area contributed by atoms with Crippen molar-refractivity contribution in [2.45, 2.75) is 20.0 Å². The van der Waals surface area contributed by atoms with Crippen molar-refractivity contribution in [3.63, 3.8) is 0 Å². The van der Waals surface area contributed by atoms with Gasteiger partial charge in [-0.3, -0.25) is 0 Å². The molecule has 0 aromatic heterocycles. The van der Waals surface area contributed by atoms with Crippen LogP contribution in [-0.2, 0) is 0 Å². The Morgan fingerprint density at radius 3 is 2.22 bits per heavy atom. The summed E-state index contributed by atoms with van der Waals surface area (Å²) in [6.07, 6.45) is -0.150. The molecule has 56 valence electrons. The van der Waals surface area contributed by atoms with Gasteiger partial charge >= 0.3 is 0 Å². The molecule has 1 heterocycles. The Morgan fingerprint density at radius 1 is 1.56 bits per heavy atom. The summed E-state index contributed by atoms with van der Waals surface area (Å²) in [5, 5.41) is 12.3. The Bertz CT molecular complexity index is 95.1. The Labute approximate surface area is 62.1 Å². The molecule has 0 aromatic carbocycles. The Kier molecular flexibility index (Phi) is 2.93. The average Bonchev–Trinajstić information content (AvgIpc) is 1.86. The summed E-state index contributed by atoms with van der Waals surface area (Å²) in [6.45, 7) is 5.83. The average molecular weight is 152 g/mol. The molecule has 0 aromatic rings. The third-order valence-corrected chi connectivity index (χ3v) is 1.82. The van der Waals surface area contributed by atoms with E-state index in [1.807, 2.05) is 0 Å². The summed E-state index contributed by atoms with van der Waals surface area (Å²) in [5.74, 6) is 0. The molecule has 0 spiro atoms. The summed E-state index contributed by atoms with van der Waals surface area (Å²) in [6, 6.07) is 0. The molecule has 3 heteroatoms. The van der Waals surface area contributed by atoms with Crippen molar-refractivity contribution in [3.05, 3.63) is 0 Å². The standard InChI is InChI=1S/C6H13NO.ClH/c1-6(2)4-7-3-5(6)8;/h5,7-8H,3-4H2,1-2H3;1H/t5-;/m0./s1. The lowest BCUT2D eigenvalue weighted by Gasteiger charge is -2.19. The molecule has 1 saturated heterocycles.